The summed E-state index contributed by atoms with van der Waals surface area (Å²) in [5.74, 6) is 2.34. The molecule has 0 aromatic heterocycles. The number of hydrogen-bond donors (Lipinski definition) is 3. The highest BCUT2D eigenvalue weighted by Gasteiger charge is 2.13. The Balaban J connectivity index is 2.85. The third-order valence-corrected chi connectivity index (χ3v) is 1.79. The maximum atomic E-state index is 12.8. The zero-order chi connectivity index (χ0) is 11.4. The minimum Gasteiger partial charge on any atom is -0.317 e. The largest absolute Gasteiger partial charge is 0.323 e. The number of nitrogens with two attached hydrogens (primary N) is 1. The molecule has 5 nitrogen and oxygen atoms in total. The lowest BCUT2D eigenvalue weighted by Crippen LogP contribution is -2.39. The summed E-state index contributed by atoms with van der Waals surface area (Å²) in [6.45, 7) is 1.68. The van der Waals surface area contributed by atoms with Crippen LogP contribution in [0.5, 0.6) is 0 Å². The molecule has 15 heavy (non-hydrogen) atoms. The van der Waals surface area contributed by atoms with E-state index >= 15 is 0 Å². The van der Waals surface area contributed by atoms with Gasteiger partial charge < -0.3 is 5.32 Å². The number of rotatable bonds is 1. The van der Waals surface area contributed by atoms with E-state index in [2.05, 4.69) is 5.32 Å². The standard InChI is InChI=1S/C9H10FN3O2/c1-5-2-3-6(10)4-7(5)12-8(14)9(15)13-11/h2-4H,11H2,1H3,(H,12,14)(H,13,15). The first-order chi connectivity index (χ1) is 7.04. The van der Waals surface area contributed by atoms with Crippen LogP contribution in [0.1, 0.15) is 5.56 Å². The number of amides is 2. The third kappa shape index (κ3) is 2.75. The second-order valence-electron chi connectivity index (χ2n) is 2.89. The highest BCUT2D eigenvalue weighted by atomic mass is 19.1. The maximum absolute atomic E-state index is 12.8. The first kappa shape index (κ1) is 11.1. The van der Waals surface area contributed by atoms with Gasteiger partial charge in [0.15, 0.2) is 0 Å². The van der Waals surface area contributed by atoms with E-state index in [0.29, 0.717) is 5.56 Å². The van der Waals surface area contributed by atoms with Gasteiger partial charge in [-0.1, -0.05) is 6.07 Å². The summed E-state index contributed by atoms with van der Waals surface area (Å²) in [5, 5.41) is 2.23. The molecule has 1 rings (SSSR count). The predicted octanol–water partition coefficient (Wildman–Crippen LogP) is 0.0625. The minimum atomic E-state index is -0.987. The molecule has 0 fully saturated rings. The molecule has 0 heterocycles. The molecule has 6 heteroatoms. The zero-order valence-corrected chi connectivity index (χ0v) is 8.00. The van der Waals surface area contributed by atoms with Gasteiger partial charge in [-0.15, -0.1) is 0 Å². The van der Waals surface area contributed by atoms with E-state index in [1.54, 1.807) is 12.3 Å². The summed E-state index contributed by atoms with van der Waals surface area (Å²) >= 11 is 0. The number of carbonyl (C=O) groups is 2. The van der Waals surface area contributed by atoms with Crippen molar-refractivity contribution in [3.05, 3.63) is 29.6 Å². The Morgan fingerprint density at radius 3 is 2.60 bits per heavy atom. The topological polar surface area (TPSA) is 84.2 Å². The van der Waals surface area contributed by atoms with Crippen molar-refractivity contribution < 1.29 is 14.0 Å². The molecule has 0 aliphatic heterocycles. The van der Waals surface area contributed by atoms with Crippen LogP contribution in [0, 0.1) is 12.7 Å². The van der Waals surface area contributed by atoms with E-state index in [1.807, 2.05) is 0 Å². The van der Waals surface area contributed by atoms with Crippen LogP contribution < -0.4 is 16.6 Å². The van der Waals surface area contributed by atoms with E-state index < -0.39 is 17.6 Å². The summed E-state index contributed by atoms with van der Waals surface area (Å²) in [6.07, 6.45) is 0. The molecule has 0 aliphatic carbocycles. The van der Waals surface area contributed by atoms with Gasteiger partial charge in [-0.25, -0.2) is 10.2 Å². The monoisotopic (exact) mass is 211 g/mol. The lowest BCUT2D eigenvalue weighted by molar-refractivity contribution is -0.136. The Bertz CT molecular complexity index is 406. The van der Waals surface area contributed by atoms with Crippen molar-refractivity contribution in [1.82, 2.24) is 5.43 Å². The lowest BCUT2D eigenvalue weighted by atomic mass is 10.2. The smallest absolute Gasteiger partial charge is 0.317 e. The Hall–Kier alpha value is -1.95. The van der Waals surface area contributed by atoms with Crippen molar-refractivity contribution in [2.45, 2.75) is 6.92 Å². The zero-order valence-electron chi connectivity index (χ0n) is 8.00. The number of nitrogens with one attached hydrogen (secondary N) is 2. The summed E-state index contributed by atoms with van der Waals surface area (Å²) in [7, 11) is 0. The number of halogens is 1. The fraction of sp³-hybridized carbons (Fsp3) is 0.111. The first-order valence-electron chi connectivity index (χ1n) is 4.12. The van der Waals surface area contributed by atoms with Gasteiger partial charge in [-0.2, -0.15) is 0 Å². The van der Waals surface area contributed by atoms with Crippen LogP contribution in [0.2, 0.25) is 0 Å². The van der Waals surface area contributed by atoms with E-state index in [1.165, 1.54) is 12.1 Å². The fourth-order valence-corrected chi connectivity index (χ4v) is 0.974. The van der Waals surface area contributed by atoms with Gasteiger partial charge in [0, 0.05) is 5.69 Å². The van der Waals surface area contributed by atoms with Gasteiger partial charge >= 0.3 is 11.8 Å². The molecule has 0 spiro atoms. The van der Waals surface area contributed by atoms with Crippen LogP contribution in [-0.2, 0) is 9.59 Å². The van der Waals surface area contributed by atoms with Crippen LogP contribution in [-0.4, -0.2) is 11.8 Å². The molecule has 2 amide bonds. The highest BCUT2D eigenvalue weighted by Crippen LogP contribution is 2.15. The first-order valence-corrected chi connectivity index (χ1v) is 4.12. The molecule has 0 aliphatic rings. The van der Waals surface area contributed by atoms with Crippen molar-refractivity contribution in [3.63, 3.8) is 0 Å². The van der Waals surface area contributed by atoms with Crippen molar-refractivity contribution in [2.75, 3.05) is 5.32 Å². The highest BCUT2D eigenvalue weighted by molar-refractivity contribution is 6.39. The fourth-order valence-electron chi connectivity index (χ4n) is 0.974. The summed E-state index contributed by atoms with van der Waals surface area (Å²) in [4.78, 5) is 21.9. The van der Waals surface area contributed by atoms with E-state index in [9.17, 15) is 14.0 Å². The van der Waals surface area contributed by atoms with Crippen LogP contribution in [0.25, 0.3) is 0 Å². The van der Waals surface area contributed by atoms with Crippen molar-refractivity contribution in [3.8, 4) is 0 Å². The number of anilines is 1. The molecule has 0 saturated carbocycles. The number of carbonyl (C=O) groups excluding carboxylic acids is 2. The number of hydrazine groups is 1. The average molecular weight is 211 g/mol. The van der Waals surface area contributed by atoms with Gasteiger partial charge in [0.2, 0.25) is 0 Å². The molecule has 1 aromatic rings. The van der Waals surface area contributed by atoms with Gasteiger partial charge in [0.05, 0.1) is 0 Å². The molecule has 0 bridgehead atoms. The molecule has 1 aromatic carbocycles. The quantitative estimate of drug-likeness (QED) is 0.266. The number of aryl methyl sites for hydroxylation is 1. The molecule has 0 radical (unpaired) electrons. The van der Waals surface area contributed by atoms with Crippen LogP contribution in [0.3, 0.4) is 0 Å². The number of benzene rings is 1. The minimum absolute atomic E-state index is 0.239. The Kier molecular flexibility index (Phi) is 3.35. The van der Waals surface area contributed by atoms with Crippen molar-refractivity contribution in [1.29, 1.82) is 0 Å². The van der Waals surface area contributed by atoms with Crippen LogP contribution >= 0.6 is 0 Å². The van der Waals surface area contributed by atoms with E-state index in [4.69, 9.17) is 5.84 Å². The molecular formula is C9H10FN3O2. The normalized spacial score (nSPS) is 9.53. The van der Waals surface area contributed by atoms with Gasteiger partial charge in [0.25, 0.3) is 0 Å². The molecular weight excluding hydrogens is 201 g/mol. The lowest BCUT2D eigenvalue weighted by Gasteiger charge is -2.06. The number of hydrogen-bond acceptors (Lipinski definition) is 3. The van der Waals surface area contributed by atoms with Crippen molar-refractivity contribution >= 4 is 17.5 Å². The molecule has 0 saturated heterocycles. The summed E-state index contributed by atoms with van der Waals surface area (Å²) in [5.41, 5.74) is 2.56. The summed E-state index contributed by atoms with van der Waals surface area (Å²) < 4.78 is 12.8. The average Bonchev–Trinajstić information content (AvgIpc) is 2.22. The SMILES string of the molecule is Cc1ccc(F)cc1NC(=O)C(=O)NN. The van der Waals surface area contributed by atoms with Gasteiger partial charge in [0.1, 0.15) is 5.82 Å². The summed E-state index contributed by atoms with van der Waals surface area (Å²) in [6, 6.07) is 3.87. The predicted molar refractivity (Wildman–Crippen MR) is 52.1 cm³/mol. The maximum Gasteiger partial charge on any atom is 0.323 e. The van der Waals surface area contributed by atoms with Gasteiger partial charge in [-0.05, 0) is 24.6 Å². The molecule has 0 atom stereocenters. The van der Waals surface area contributed by atoms with Gasteiger partial charge in [-0.3, -0.25) is 15.0 Å². The Morgan fingerprint density at radius 2 is 2.00 bits per heavy atom. The second-order valence-corrected chi connectivity index (χ2v) is 2.89. The molecule has 4 N–H and O–H groups in total. The Morgan fingerprint density at radius 1 is 1.33 bits per heavy atom. The molecule has 80 valence electrons. The molecule has 0 unspecified atom stereocenters. The second kappa shape index (κ2) is 4.52. The third-order valence-electron chi connectivity index (χ3n) is 1.79. The Labute approximate surface area is 85.4 Å². The van der Waals surface area contributed by atoms with Crippen molar-refractivity contribution in [2.24, 2.45) is 5.84 Å². The van der Waals surface area contributed by atoms with E-state index in [0.717, 1.165) is 6.07 Å². The van der Waals surface area contributed by atoms with Crippen LogP contribution in [0.4, 0.5) is 10.1 Å². The van der Waals surface area contributed by atoms with Crippen LogP contribution in [0.15, 0.2) is 18.2 Å². The van der Waals surface area contributed by atoms with E-state index in [-0.39, 0.29) is 5.69 Å².